The van der Waals surface area contributed by atoms with E-state index < -0.39 is 63.8 Å². The van der Waals surface area contributed by atoms with Crippen LogP contribution in [0.5, 0.6) is 11.5 Å². The van der Waals surface area contributed by atoms with Gasteiger partial charge in [0.05, 0.1) is 26.2 Å². The first-order valence-corrected chi connectivity index (χ1v) is 13.3. The fourth-order valence-electron chi connectivity index (χ4n) is 5.76. The summed E-state index contributed by atoms with van der Waals surface area (Å²) in [4.78, 5) is 20.1. The van der Waals surface area contributed by atoms with Gasteiger partial charge in [0, 0.05) is 49.1 Å². The molecule has 0 bridgehead atoms. The van der Waals surface area contributed by atoms with Crippen LogP contribution in [0.1, 0.15) is 23.1 Å². The molecule has 5 rings (SSSR count). The lowest BCUT2D eigenvalue weighted by Gasteiger charge is -2.51. The number of aliphatic carboxylic acids is 1. The van der Waals surface area contributed by atoms with Crippen LogP contribution in [-0.4, -0.2) is 72.4 Å². The van der Waals surface area contributed by atoms with Crippen LogP contribution < -0.4 is 14.4 Å². The van der Waals surface area contributed by atoms with Crippen LogP contribution in [-0.2, 0) is 22.2 Å². The molecule has 228 valence electrons. The van der Waals surface area contributed by atoms with Gasteiger partial charge in [-0.15, -0.1) is 0 Å². The highest BCUT2D eigenvalue weighted by atomic mass is 19.4. The number of amidine groups is 1. The van der Waals surface area contributed by atoms with Crippen molar-refractivity contribution in [3.63, 3.8) is 0 Å². The monoisotopic (exact) mass is 603 g/mol. The predicted molar refractivity (Wildman–Crippen MR) is 148 cm³/mol. The molecule has 1 saturated heterocycles. The van der Waals surface area contributed by atoms with Crippen molar-refractivity contribution in [2.24, 2.45) is 4.99 Å². The zero-order valence-electron chi connectivity index (χ0n) is 23.2. The molecule has 0 radical (unpaired) electrons. The van der Waals surface area contributed by atoms with Crippen LogP contribution in [0.25, 0.3) is 0 Å². The second-order valence-corrected chi connectivity index (χ2v) is 10.3. The number of para-hydroxylation sites is 1. The maximum Gasteiger partial charge on any atom is 0.416 e. The van der Waals surface area contributed by atoms with Crippen molar-refractivity contribution in [2.45, 2.75) is 23.8 Å². The summed E-state index contributed by atoms with van der Waals surface area (Å²) in [5.74, 6) is -2.54. The number of halogens is 4. The number of anilines is 1. The second kappa shape index (κ2) is 11.0. The lowest BCUT2D eigenvalue weighted by Crippen LogP contribution is -2.64. The fraction of sp³-hybridized carbons (Fsp3) is 0.333. The van der Waals surface area contributed by atoms with E-state index in [9.17, 15) is 33.3 Å². The molecular formula is C30H29F4N3O6. The number of alkyl halides is 3. The third-order valence-electron chi connectivity index (χ3n) is 7.89. The van der Waals surface area contributed by atoms with Crippen LogP contribution in [0.4, 0.5) is 28.9 Å². The summed E-state index contributed by atoms with van der Waals surface area (Å²) in [5, 5.41) is 34.7. The van der Waals surface area contributed by atoms with Gasteiger partial charge < -0.3 is 34.6 Å². The van der Waals surface area contributed by atoms with Crippen LogP contribution in [0.3, 0.4) is 0 Å². The first kappa shape index (κ1) is 30.1. The number of rotatable bonds is 6. The Labute approximate surface area is 244 Å². The minimum atomic E-state index is -4.86. The van der Waals surface area contributed by atoms with E-state index in [4.69, 9.17) is 9.47 Å². The van der Waals surface area contributed by atoms with Crippen molar-refractivity contribution >= 4 is 23.2 Å². The molecule has 2 heterocycles. The Balaban J connectivity index is 1.70. The van der Waals surface area contributed by atoms with Crippen LogP contribution in [0.15, 0.2) is 65.7 Å². The molecule has 2 atom stereocenters. The van der Waals surface area contributed by atoms with E-state index in [1.54, 1.807) is 6.07 Å². The number of carboxylic acid groups (broad SMARTS) is 1. The first-order valence-electron chi connectivity index (χ1n) is 13.3. The fourth-order valence-corrected chi connectivity index (χ4v) is 5.76. The van der Waals surface area contributed by atoms with Gasteiger partial charge in [-0.05, 0) is 36.4 Å². The summed E-state index contributed by atoms with van der Waals surface area (Å²) in [7, 11) is 2.70. The molecule has 9 nitrogen and oxygen atoms in total. The number of carbonyl (C=O) groups is 1. The maximum atomic E-state index is 15.2. The molecule has 0 amide bonds. The van der Waals surface area contributed by atoms with Crippen LogP contribution in [0, 0.1) is 5.82 Å². The van der Waals surface area contributed by atoms with E-state index in [0.717, 1.165) is 31.0 Å². The Kier molecular flexibility index (Phi) is 7.73. The molecule has 2 unspecified atom stereocenters. The number of aliphatic imine (C=N–C) groups is 1. The molecule has 2 aliphatic heterocycles. The number of hydrogen-bond donors (Lipinski definition) is 3. The van der Waals surface area contributed by atoms with E-state index in [2.05, 4.69) is 4.99 Å². The Morgan fingerprint density at radius 1 is 0.930 bits per heavy atom. The van der Waals surface area contributed by atoms with Crippen molar-refractivity contribution in [2.75, 3.05) is 45.3 Å². The third-order valence-corrected chi connectivity index (χ3v) is 7.89. The average Bonchev–Trinajstić information content (AvgIpc) is 2.98. The average molecular weight is 604 g/mol. The molecule has 0 saturated carbocycles. The van der Waals surface area contributed by atoms with Gasteiger partial charge in [-0.25, -0.2) is 9.38 Å². The van der Waals surface area contributed by atoms with Gasteiger partial charge in [0.1, 0.15) is 34.4 Å². The van der Waals surface area contributed by atoms with E-state index in [-0.39, 0.29) is 18.8 Å². The summed E-state index contributed by atoms with van der Waals surface area (Å²) < 4.78 is 67.6. The van der Waals surface area contributed by atoms with Crippen molar-refractivity contribution < 1.29 is 47.1 Å². The topological polar surface area (TPSA) is 115 Å². The summed E-state index contributed by atoms with van der Waals surface area (Å²) >= 11 is 0. The Morgan fingerprint density at radius 2 is 1.60 bits per heavy atom. The normalized spacial score (nSPS) is 22.1. The molecule has 13 heteroatoms. The minimum absolute atomic E-state index is 0.132. The minimum Gasteiger partial charge on any atom is -0.497 e. The summed E-state index contributed by atoms with van der Waals surface area (Å²) in [5.41, 5.74) is -7.52. The summed E-state index contributed by atoms with van der Waals surface area (Å²) in [6, 6.07) is 13.0. The molecule has 43 heavy (non-hydrogen) atoms. The molecular weight excluding hydrogens is 574 g/mol. The number of piperazine rings is 1. The molecule has 2 aliphatic rings. The highest BCUT2D eigenvalue weighted by Crippen LogP contribution is 2.54. The van der Waals surface area contributed by atoms with Crippen molar-refractivity contribution in [3.05, 3.63) is 83.2 Å². The lowest BCUT2D eigenvalue weighted by molar-refractivity contribution is -0.164. The number of benzene rings is 3. The van der Waals surface area contributed by atoms with Crippen LogP contribution in [0.2, 0.25) is 0 Å². The van der Waals surface area contributed by atoms with Gasteiger partial charge in [0.15, 0.2) is 5.60 Å². The predicted octanol–water partition coefficient (Wildman–Crippen LogP) is 4.28. The van der Waals surface area contributed by atoms with E-state index in [0.29, 0.717) is 24.9 Å². The Bertz CT molecular complexity index is 1570. The zero-order chi connectivity index (χ0) is 31.2. The molecule has 3 aromatic rings. The molecule has 0 aromatic heterocycles. The number of carboxylic acids is 1. The number of aliphatic hydroxyl groups is 2. The number of hydrogen-bond acceptors (Lipinski definition) is 8. The Hall–Kier alpha value is -4.36. The van der Waals surface area contributed by atoms with Gasteiger partial charge in [-0.3, -0.25) is 4.79 Å². The molecule has 0 spiro atoms. The smallest absolute Gasteiger partial charge is 0.416 e. The second-order valence-electron chi connectivity index (χ2n) is 10.3. The van der Waals surface area contributed by atoms with Gasteiger partial charge in [-0.1, -0.05) is 18.2 Å². The van der Waals surface area contributed by atoms with Crippen LogP contribution >= 0.6 is 0 Å². The van der Waals surface area contributed by atoms with Crippen molar-refractivity contribution in [1.29, 1.82) is 0 Å². The highest BCUT2D eigenvalue weighted by Gasteiger charge is 2.62. The van der Waals surface area contributed by atoms with Gasteiger partial charge >= 0.3 is 12.1 Å². The summed E-state index contributed by atoms with van der Waals surface area (Å²) in [6.07, 6.45) is -6.05. The van der Waals surface area contributed by atoms with Gasteiger partial charge in [-0.2, -0.15) is 13.2 Å². The standard InChI is InChI=1S/C30H29F4N3O6/c1-42-20-6-3-5-19(16-20)36-11-13-37(14-12-36)27-29(41,22-15-18(30(32,33)34)9-10-24(22)43-2)28(40,17-25(38)39)21-7-4-8-23(31)26(21)35-27/h3-10,15-16,40-41H,11-14,17H2,1-2H3,(H,38,39). The number of methoxy groups -OCH3 is 2. The number of ether oxygens (including phenoxy) is 2. The molecule has 3 aromatic carbocycles. The Morgan fingerprint density at radius 3 is 2.23 bits per heavy atom. The molecule has 3 N–H and O–H groups in total. The molecule has 0 aliphatic carbocycles. The maximum absolute atomic E-state index is 15.2. The van der Waals surface area contributed by atoms with Crippen molar-refractivity contribution in [3.8, 4) is 11.5 Å². The highest BCUT2D eigenvalue weighted by molar-refractivity contribution is 5.99. The third kappa shape index (κ3) is 5.12. The quantitative estimate of drug-likeness (QED) is 0.358. The van der Waals surface area contributed by atoms with E-state index >= 15 is 4.39 Å². The van der Waals surface area contributed by atoms with E-state index in [1.165, 1.54) is 24.1 Å². The van der Waals surface area contributed by atoms with Crippen molar-refractivity contribution in [1.82, 2.24) is 4.90 Å². The number of fused-ring (bicyclic) bond motifs is 1. The van der Waals surface area contributed by atoms with Gasteiger partial charge in [0.25, 0.3) is 0 Å². The van der Waals surface area contributed by atoms with Gasteiger partial charge in [0.2, 0.25) is 0 Å². The zero-order valence-corrected chi connectivity index (χ0v) is 23.2. The SMILES string of the molecule is COc1cccc(N2CCN(C3=Nc4c(F)cccc4C(O)(CC(=O)O)C3(O)c3cc(C(F)(F)F)ccc3OC)CC2)c1. The van der Waals surface area contributed by atoms with E-state index in [1.807, 2.05) is 23.1 Å². The molecule has 1 fully saturated rings. The number of nitrogens with zero attached hydrogens (tertiary/aromatic N) is 3. The largest absolute Gasteiger partial charge is 0.497 e. The summed E-state index contributed by atoms with van der Waals surface area (Å²) in [6.45, 7) is 0.937. The first-order chi connectivity index (χ1) is 20.3. The lowest BCUT2D eigenvalue weighted by atomic mass is 9.67.